The molecule has 1 atom stereocenters. The summed E-state index contributed by atoms with van der Waals surface area (Å²) < 4.78 is 1.46. The number of hydrogen-bond acceptors (Lipinski definition) is 4. The van der Waals surface area contributed by atoms with Gasteiger partial charge in [-0.05, 0) is 24.0 Å². The Kier molecular flexibility index (Phi) is 3.34. The van der Waals surface area contributed by atoms with Crippen LogP contribution in [0.4, 0.5) is 10.7 Å². The quantitative estimate of drug-likeness (QED) is 0.777. The molecule has 0 fully saturated rings. The molecule has 1 heterocycles. The highest BCUT2D eigenvalue weighted by atomic mass is 16.3. The maximum atomic E-state index is 11.9. The second kappa shape index (κ2) is 5.17. The molecular weight excluding hydrogens is 270 g/mol. The number of amides is 2. The molecule has 0 spiro atoms. The molecule has 7 nitrogen and oxygen atoms in total. The van der Waals surface area contributed by atoms with E-state index >= 15 is 0 Å². The third kappa shape index (κ3) is 2.59. The highest BCUT2D eigenvalue weighted by Crippen LogP contribution is 2.36. The Labute approximate surface area is 122 Å². The standard InChI is InChI=1S/C14H17N5O2/c1-19-12(16-9-17-19)18-13(20)15-8-14(21)7-6-10-4-2-3-5-11(10)14/h2-5,9,21H,6-8H2,1H3,(H2,15,16,17,18,20). The Bertz CT molecular complexity index is 669. The van der Waals surface area contributed by atoms with Gasteiger partial charge in [0.2, 0.25) is 5.95 Å². The third-order valence-corrected chi connectivity index (χ3v) is 3.80. The van der Waals surface area contributed by atoms with Crippen LogP contribution in [-0.2, 0) is 19.1 Å². The zero-order valence-corrected chi connectivity index (χ0v) is 11.7. The molecule has 1 unspecified atom stereocenters. The van der Waals surface area contributed by atoms with Crippen LogP contribution in [0.5, 0.6) is 0 Å². The summed E-state index contributed by atoms with van der Waals surface area (Å²) in [5.41, 5.74) is 1.02. The molecule has 2 aromatic rings. The number of urea groups is 1. The lowest BCUT2D eigenvalue weighted by Crippen LogP contribution is -2.41. The van der Waals surface area contributed by atoms with Crippen molar-refractivity contribution in [3.8, 4) is 0 Å². The van der Waals surface area contributed by atoms with Crippen molar-refractivity contribution < 1.29 is 9.90 Å². The number of aryl methyl sites for hydroxylation is 2. The molecule has 7 heteroatoms. The Morgan fingerprint density at radius 1 is 1.48 bits per heavy atom. The fraction of sp³-hybridized carbons (Fsp3) is 0.357. The number of rotatable bonds is 3. The van der Waals surface area contributed by atoms with E-state index in [0.717, 1.165) is 17.5 Å². The minimum atomic E-state index is -1.01. The molecule has 0 bridgehead atoms. The number of carbonyl (C=O) groups is 1. The van der Waals surface area contributed by atoms with Crippen LogP contribution in [0.3, 0.4) is 0 Å². The van der Waals surface area contributed by atoms with Crippen LogP contribution < -0.4 is 10.6 Å². The number of fused-ring (bicyclic) bond motifs is 1. The van der Waals surface area contributed by atoms with Gasteiger partial charge in [0, 0.05) is 7.05 Å². The summed E-state index contributed by atoms with van der Waals surface area (Å²) in [7, 11) is 1.68. The van der Waals surface area contributed by atoms with Crippen LogP contribution in [0.2, 0.25) is 0 Å². The van der Waals surface area contributed by atoms with E-state index in [4.69, 9.17) is 0 Å². The molecule has 0 saturated carbocycles. The highest BCUT2D eigenvalue weighted by molar-refractivity contribution is 5.87. The number of benzene rings is 1. The smallest absolute Gasteiger partial charge is 0.321 e. The fourth-order valence-electron chi connectivity index (χ4n) is 2.63. The molecule has 1 aliphatic rings. The molecule has 0 aliphatic heterocycles. The first-order valence-electron chi connectivity index (χ1n) is 6.78. The van der Waals surface area contributed by atoms with E-state index in [1.807, 2.05) is 24.3 Å². The van der Waals surface area contributed by atoms with Crippen LogP contribution in [0.25, 0.3) is 0 Å². The first kappa shape index (κ1) is 13.6. The van der Waals surface area contributed by atoms with Crippen LogP contribution >= 0.6 is 0 Å². The van der Waals surface area contributed by atoms with E-state index in [1.165, 1.54) is 11.0 Å². The van der Waals surface area contributed by atoms with Crippen LogP contribution in [0, 0.1) is 0 Å². The lowest BCUT2D eigenvalue weighted by Gasteiger charge is -2.24. The first-order chi connectivity index (χ1) is 10.1. The maximum Gasteiger partial charge on any atom is 0.321 e. The van der Waals surface area contributed by atoms with Gasteiger partial charge in [-0.3, -0.25) is 5.32 Å². The van der Waals surface area contributed by atoms with Gasteiger partial charge in [0.05, 0.1) is 6.54 Å². The van der Waals surface area contributed by atoms with E-state index in [1.54, 1.807) is 7.05 Å². The second-order valence-electron chi connectivity index (χ2n) is 5.20. The lowest BCUT2D eigenvalue weighted by molar-refractivity contribution is 0.0417. The van der Waals surface area contributed by atoms with Crippen LogP contribution in [-0.4, -0.2) is 32.4 Å². The Morgan fingerprint density at radius 2 is 2.29 bits per heavy atom. The van der Waals surface area contributed by atoms with Crippen molar-refractivity contribution in [2.75, 3.05) is 11.9 Å². The molecule has 3 N–H and O–H groups in total. The molecule has 21 heavy (non-hydrogen) atoms. The van der Waals surface area contributed by atoms with Gasteiger partial charge in [0.1, 0.15) is 11.9 Å². The normalized spacial score (nSPS) is 20.1. The zero-order valence-electron chi connectivity index (χ0n) is 11.7. The van der Waals surface area contributed by atoms with Gasteiger partial charge in [0.25, 0.3) is 0 Å². The van der Waals surface area contributed by atoms with Gasteiger partial charge in [-0.15, -0.1) is 0 Å². The molecule has 110 valence electrons. The monoisotopic (exact) mass is 287 g/mol. The molecule has 0 radical (unpaired) electrons. The van der Waals surface area contributed by atoms with E-state index in [9.17, 15) is 9.90 Å². The Balaban J connectivity index is 1.63. The van der Waals surface area contributed by atoms with Crippen molar-refractivity contribution in [2.45, 2.75) is 18.4 Å². The molecule has 2 amide bonds. The predicted molar refractivity (Wildman–Crippen MR) is 76.7 cm³/mol. The van der Waals surface area contributed by atoms with E-state index in [-0.39, 0.29) is 6.54 Å². The molecule has 1 aromatic carbocycles. The average molecular weight is 287 g/mol. The van der Waals surface area contributed by atoms with E-state index < -0.39 is 11.6 Å². The third-order valence-electron chi connectivity index (χ3n) is 3.80. The summed E-state index contributed by atoms with van der Waals surface area (Å²) in [6.07, 6.45) is 2.78. The van der Waals surface area contributed by atoms with Crippen molar-refractivity contribution in [1.29, 1.82) is 0 Å². The zero-order chi connectivity index (χ0) is 14.9. The van der Waals surface area contributed by atoms with E-state index in [2.05, 4.69) is 20.7 Å². The van der Waals surface area contributed by atoms with Crippen molar-refractivity contribution in [3.63, 3.8) is 0 Å². The summed E-state index contributed by atoms with van der Waals surface area (Å²) in [4.78, 5) is 15.8. The van der Waals surface area contributed by atoms with Gasteiger partial charge >= 0.3 is 6.03 Å². The van der Waals surface area contributed by atoms with Gasteiger partial charge in [0.15, 0.2) is 0 Å². The SMILES string of the molecule is Cn1ncnc1NC(=O)NCC1(O)CCc2ccccc21. The van der Waals surface area contributed by atoms with E-state index in [0.29, 0.717) is 12.4 Å². The van der Waals surface area contributed by atoms with Gasteiger partial charge < -0.3 is 10.4 Å². The maximum absolute atomic E-state index is 11.9. The van der Waals surface area contributed by atoms with Crippen molar-refractivity contribution in [2.24, 2.45) is 7.05 Å². The van der Waals surface area contributed by atoms with Gasteiger partial charge in [-0.2, -0.15) is 10.1 Å². The first-order valence-corrected chi connectivity index (χ1v) is 6.78. The molecular formula is C14H17N5O2. The number of aliphatic hydroxyl groups is 1. The van der Waals surface area contributed by atoms with Crippen LogP contribution in [0.15, 0.2) is 30.6 Å². The highest BCUT2D eigenvalue weighted by Gasteiger charge is 2.36. The Morgan fingerprint density at radius 3 is 3.05 bits per heavy atom. The minimum Gasteiger partial charge on any atom is -0.383 e. The van der Waals surface area contributed by atoms with Crippen molar-refractivity contribution >= 4 is 12.0 Å². The largest absolute Gasteiger partial charge is 0.383 e. The molecule has 0 saturated heterocycles. The summed E-state index contributed by atoms with van der Waals surface area (Å²) in [6.45, 7) is 0.160. The number of carbonyl (C=O) groups excluding carboxylic acids is 1. The number of aromatic nitrogens is 3. The summed E-state index contributed by atoms with van der Waals surface area (Å²) >= 11 is 0. The number of anilines is 1. The molecule has 1 aromatic heterocycles. The Hall–Kier alpha value is -2.41. The molecule has 3 rings (SSSR count). The predicted octanol–water partition coefficient (Wildman–Crippen LogP) is 0.771. The lowest BCUT2D eigenvalue weighted by atomic mass is 9.96. The minimum absolute atomic E-state index is 0.160. The molecule has 1 aliphatic carbocycles. The average Bonchev–Trinajstić information content (AvgIpc) is 3.03. The fourth-order valence-corrected chi connectivity index (χ4v) is 2.63. The topological polar surface area (TPSA) is 92.1 Å². The summed E-state index contributed by atoms with van der Waals surface area (Å²) in [5, 5.41) is 19.8. The van der Waals surface area contributed by atoms with Crippen LogP contribution in [0.1, 0.15) is 17.5 Å². The van der Waals surface area contributed by atoms with Gasteiger partial charge in [-0.1, -0.05) is 24.3 Å². The summed E-state index contributed by atoms with van der Waals surface area (Å²) in [5.74, 6) is 0.353. The van der Waals surface area contributed by atoms with Gasteiger partial charge in [-0.25, -0.2) is 9.48 Å². The number of nitrogens with one attached hydrogen (secondary N) is 2. The van der Waals surface area contributed by atoms with Crippen molar-refractivity contribution in [1.82, 2.24) is 20.1 Å². The van der Waals surface area contributed by atoms with Crippen molar-refractivity contribution in [3.05, 3.63) is 41.7 Å². The number of hydrogen-bond donors (Lipinski definition) is 3. The number of nitrogens with zero attached hydrogens (tertiary/aromatic N) is 3. The second-order valence-corrected chi connectivity index (χ2v) is 5.20. The summed E-state index contributed by atoms with van der Waals surface area (Å²) in [6, 6.07) is 7.36.